The largest absolute Gasteiger partial charge is 0.373 e. The monoisotopic (exact) mass is 293 g/mol. The van der Waals surface area contributed by atoms with E-state index >= 15 is 0 Å². The molecular formula is C17H31N3O. The molecule has 1 N–H and O–H groups in total. The number of aryl methyl sites for hydroxylation is 2. The van der Waals surface area contributed by atoms with Crippen LogP contribution in [0.25, 0.3) is 0 Å². The zero-order chi connectivity index (χ0) is 16.2. The Morgan fingerprint density at radius 2 is 1.67 bits per heavy atom. The number of rotatable bonds is 6. The van der Waals surface area contributed by atoms with Crippen molar-refractivity contribution in [3.8, 4) is 0 Å². The Morgan fingerprint density at radius 1 is 1.14 bits per heavy atom. The zero-order valence-electron chi connectivity index (χ0n) is 14.9. The maximum Gasteiger partial charge on any atom is 0.158 e. The summed E-state index contributed by atoms with van der Waals surface area (Å²) in [7, 11) is 3.72. The lowest BCUT2D eigenvalue weighted by atomic mass is 9.88. The average molecular weight is 293 g/mol. The molecule has 4 heteroatoms. The third-order valence-corrected chi connectivity index (χ3v) is 3.80. The molecule has 1 aromatic heterocycles. The highest BCUT2D eigenvalue weighted by Crippen LogP contribution is 2.34. The lowest BCUT2D eigenvalue weighted by Crippen LogP contribution is -2.24. The molecule has 0 saturated carbocycles. The maximum atomic E-state index is 5.64. The second-order valence-corrected chi connectivity index (χ2v) is 7.08. The Bertz CT molecular complexity index is 443. The highest BCUT2D eigenvalue weighted by molar-refractivity contribution is 5.25. The average Bonchev–Trinajstić information content (AvgIpc) is 2.33. The molecule has 1 aromatic rings. The molecular weight excluding hydrogens is 262 g/mol. The fraction of sp³-hybridized carbons (Fsp3) is 0.765. The van der Waals surface area contributed by atoms with Crippen molar-refractivity contribution >= 4 is 0 Å². The van der Waals surface area contributed by atoms with Crippen LogP contribution in [0.1, 0.15) is 56.6 Å². The summed E-state index contributed by atoms with van der Waals surface area (Å²) in [6.45, 7) is 13.9. The van der Waals surface area contributed by atoms with E-state index in [2.05, 4.69) is 46.9 Å². The molecule has 2 atom stereocenters. The molecule has 0 aromatic carbocycles. The third-order valence-electron chi connectivity index (χ3n) is 3.80. The first kappa shape index (κ1) is 18.1. The Balaban J connectivity index is 3.09. The molecule has 0 radical (unpaired) electrons. The van der Waals surface area contributed by atoms with Crippen molar-refractivity contribution < 1.29 is 4.74 Å². The molecule has 21 heavy (non-hydrogen) atoms. The van der Waals surface area contributed by atoms with Gasteiger partial charge in [-0.25, -0.2) is 9.97 Å². The summed E-state index contributed by atoms with van der Waals surface area (Å²) in [6.07, 6.45) is 0.921. The molecule has 120 valence electrons. The molecule has 0 aliphatic carbocycles. The highest BCUT2D eigenvalue weighted by atomic mass is 16.5. The van der Waals surface area contributed by atoms with Crippen LogP contribution in [0.3, 0.4) is 0 Å². The quantitative estimate of drug-likeness (QED) is 0.875. The van der Waals surface area contributed by atoms with Gasteiger partial charge in [-0.05, 0) is 50.8 Å². The first-order chi connectivity index (χ1) is 9.70. The predicted molar refractivity (Wildman–Crippen MR) is 87.5 cm³/mol. The minimum atomic E-state index is -0.0846. The standard InChI is InChI=1S/C17H31N3O/c1-11(10-18-7)9-14-12(2)19-16(20-13(14)3)15(21-8)17(4,5)6/h11,15,18H,9-10H2,1-8H3. The lowest BCUT2D eigenvalue weighted by Gasteiger charge is -2.29. The van der Waals surface area contributed by atoms with Crippen LogP contribution in [0.15, 0.2) is 0 Å². The number of ether oxygens (including phenoxy) is 1. The first-order valence-electron chi connectivity index (χ1n) is 7.72. The minimum Gasteiger partial charge on any atom is -0.373 e. The van der Waals surface area contributed by atoms with Gasteiger partial charge in [0.2, 0.25) is 0 Å². The van der Waals surface area contributed by atoms with Gasteiger partial charge < -0.3 is 10.1 Å². The third kappa shape index (κ3) is 4.75. The van der Waals surface area contributed by atoms with Crippen molar-refractivity contribution in [1.82, 2.24) is 15.3 Å². The van der Waals surface area contributed by atoms with Gasteiger partial charge in [0, 0.05) is 18.5 Å². The van der Waals surface area contributed by atoms with Crippen molar-refractivity contribution in [2.75, 3.05) is 20.7 Å². The van der Waals surface area contributed by atoms with Crippen molar-refractivity contribution in [1.29, 1.82) is 0 Å². The van der Waals surface area contributed by atoms with Crippen molar-refractivity contribution in [2.24, 2.45) is 11.3 Å². The molecule has 1 rings (SSSR count). The maximum absolute atomic E-state index is 5.64. The van der Waals surface area contributed by atoms with Crippen LogP contribution < -0.4 is 5.32 Å². The summed E-state index contributed by atoms with van der Waals surface area (Å²) < 4.78 is 5.64. The van der Waals surface area contributed by atoms with Gasteiger partial charge in [0.15, 0.2) is 5.82 Å². The number of nitrogens with zero attached hydrogens (tertiary/aromatic N) is 2. The fourth-order valence-electron chi connectivity index (χ4n) is 2.79. The SMILES string of the molecule is CNCC(C)Cc1c(C)nc(C(OC)C(C)(C)C)nc1C. The molecule has 0 bridgehead atoms. The van der Waals surface area contributed by atoms with Crippen molar-refractivity contribution in [3.63, 3.8) is 0 Å². The summed E-state index contributed by atoms with van der Waals surface area (Å²) >= 11 is 0. The van der Waals surface area contributed by atoms with E-state index in [9.17, 15) is 0 Å². The summed E-state index contributed by atoms with van der Waals surface area (Å²) in [4.78, 5) is 9.46. The molecule has 4 nitrogen and oxygen atoms in total. The van der Waals surface area contributed by atoms with Crippen LogP contribution in [0.4, 0.5) is 0 Å². The van der Waals surface area contributed by atoms with E-state index in [-0.39, 0.29) is 11.5 Å². The van der Waals surface area contributed by atoms with Gasteiger partial charge in [0.25, 0.3) is 0 Å². The molecule has 1 heterocycles. The predicted octanol–water partition coefficient (Wildman–Crippen LogP) is 3.23. The minimum absolute atomic E-state index is 0.0193. The molecule has 0 fully saturated rings. The van der Waals surface area contributed by atoms with Crippen LogP contribution in [0.5, 0.6) is 0 Å². The second kappa shape index (κ2) is 7.32. The second-order valence-electron chi connectivity index (χ2n) is 7.08. The molecule has 0 aliphatic rings. The molecule has 0 saturated heterocycles. The van der Waals surface area contributed by atoms with Crippen LogP contribution >= 0.6 is 0 Å². The van der Waals surface area contributed by atoms with Crippen molar-refractivity contribution in [2.45, 2.75) is 54.1 Å². The lowest BCUT2D eigenvalue weighted by molar-refractivity contribution is 0.00839. The summed E-state index contributed by atoms with van der Waals surface area (Å²) in [5.74, 6) is 1.37. The van der Waals surface area contributed by atoms with E-state index in [0.717, 1.165) is 30.2 Å². The van der Waals surface area contributed by atoms with E-state index in [4.69, 9.17) is 14.7 Å². The summed E-state index contributed by atoms with van der Waals surface area (Å²) in [6, 6.07) is 0. The van der Waals surface area contributed by atoms with Crippen LogP contribution in [0, 0.1) is 25.2 Å². The number of aromatic nitrogens is 2. The first-order valence-corrected chi connectivity index (χ1v) is 7.72. The molecule has 2 unspecified atom stereocenters. The Hall–Kier alpha value is -1.00. The highest BCUT2D eigenvalue weighted by Gasteiger charge is 2.29. The van der Waals surface area contributed by atoms with Crippen LogP contribution in [0.2, 0.25) is 0 Å². The van der Waals surface area contributed by atoms with Gasteiger partial charge in [0.1, 0.15) is 6.10 Å². The Labute approximate surface area is 129 Å². The van der Waals surface area contributed by atoms with Gasteiger partial charge in [-0.3, -0.25) is 0 Å². The van der Waals surface area contributed by atoms with E-state index < -0.39 is 0 Å². The van der Waals surface area contributed by atoms with Gasteiger partial charge in [-0.15, -0.1) is 0 Å². The number of methoxy groups -OCH3 is 1. The van der Waals surface area contributed by atoms with E-state index in [1.807, 2.05) is 7.05 Å². The van der Waals surface area contributed by atoms with Gasteiger partial charge in [-0.1, -0.05) is 27.7 Å². The van der Waals surface area contributed by atoms with Gasteiger partial charge in [0.05, 0.1) is 0 Å². The smallest absolute Gasteiger partial charge is 0.158 e. The molecule has 0 spiro atoms. The zero-order valence-corrected chi connectivity index (χ0v) is 14.9. The number of nitrogens with one attached hydrogen (secondary N) is 1. The van der Waals surface area contributed by atoms with Gasteiger partial charge in [-0.2, -0.15) is 0 Å². The number of hydrogen-bond acceptors (Lipinski definition) is 4. The molecule has 0 amide bonds. The number of hydrogen-bond donors (Lipinski definition) is 1. The van der Waals surface area contributed by atoms with E-state index in [0.29, 0.717) is 5.92 Å². The Kier molecular flexibility index (Phi) is 6.29. The van der Waals surface area contributed by atoms with Crippen molar-refractivity contribution in [3.05, 3.63) is 22.8 Å². The van der Waals surface area contributed by atoms with Crippen LogP contribution in [-0.4, -0.2) is 30.7 Å². The molecule has 0 aliphatic heterocycles. The summed E-state index contributed by atoms with van der Waals surface area (Å²) in [5.41, 5.74) is 3.40. The van der Waals surface area contributed by atoms with E-state index in [1.54, 1.807) is 7.11 Å². The summed E-state index contributed by atoms with van der Waals surface area (Å²) in [5, 5.41) is 3.22. The fourth-order valence-corrected chi connectivity index (χ4v) is 2.79. The Morgan fingerprint density at radius 3 is 2.05 bits per heavy atom. The topological polar surface area (TPSA) is 47.0 Å². The van der Waals surface area contributed by atoms with Gasteiger partial charge >= 0.3 is 0 Å². The normalized spacial score (nSPS) is 15.0. The van der Waals surface area contributed by atoms with Crippen LogP contribution in [-0.2, 0) is 11.2 Å². The van der Waals surface area contributed by atoms with E-state index in [1.165, 1.54) is 5.56 Å².